The molecule has 0 fully saturated rings. The monoisotopic (exact) mass is 336 g/mol. The first-order valence-electron chi connectivity index (χ1n) is 7.23. The van der Waals surface area contributed by atoms with E-state index < -0.39 is 16.2 Å². The van der Waals surface area contributed by atoms with Gasteiger partial charge in [0.05, 0.1) is 24.7 Å². The van der Waals surface area contributed by atoms with Crippen LogP contribution in [0.3, 0.4) is 0 Å². The van der Waals surface area contributed by atoms with Gasteiger partial charge in [-0.25, -0.2) is 0 Å². The summed E-state index contributed by atoms with van der Waals surface area (Å²) in [6.07, 6.45) is -1.01. The Morgan fingerprint density at radius 3 is 2.30 bits per heavy atom. The largest absolute Gasteiger partial charge is 0.388 e. The number of ether oxygens (including phenoxy) is 1. The summed E-state index contributed by atoms with van der Waals surface area (Å²) in [7, 11) is -3.86. The quantitative estimate of drug-likeness (QED) is 0.749. The Morgan fingerprint density at radius 1 is 1.00 bits per heavy atom. The minimum absolute atomic E-state index is 0.00167. The lowest BCUT2D eigenvalue weighted by Crippen LogP contribution is -2.23. The fourth-order valence-electron chi connectivity index (χ4n) is 1.88. The second-order valence-corrected chi connectivity index (χ2v) is 6.82. The van der Waals surface area contributed by atoms with Gasteiger partial charge in [-0.05, 0) is 24.6 Å². The highest BCUT2D eigenvalue weighted by Crippen LogP contribution is 2.13. The SMILES string of the molecule is Cc1ccc(S(=O)(=O)OCC(O)COCc2ccccc2)cc1. The standard InChI is InChI=1S/C17H20O5S/c1-14-7-9-17(10-8-14)23(19,20)22-13-16(18)12-21-11-15-5-3-2-4-6-15/h2-10,16,18H,11-13H2,1H3. The highest BCUT2D eigenvalue weighted by molar-refractivity contribution is 7.86. The molecule has 0 amide bonds. The van der Waals surface area contributed by atoms with Crippen LogP contribution in [0.15, 0.2) is 59.5 Å². The van der Waals surface area contributed by atoms with Crippen LogP contribution in [-0.4, -0.2) is 32.8 Å². The van der Waals surface area contributed by atoms with Gasteiger partial charge in [0.2, 0.25) is 0 Å². The number of aryl methyl sites for hydroxylation is 1. The molecule has 0 radical (unpaired) electrons. The highest BCUT2D eigenvalue weighted by Gasteiger charge is 2.17. The average molecular weight is 336 g/mol. The van der Waals surface area contributed by atoms with Crippen LogP contribution < -0.4 is 0 Å². The van der Waals surface area contributed by atoms with Crippen molar-refractivity contribution in [1.29, 1.82) is 0 Å². The third kappa shape index (κ3) is 5.76. The summed E-state index contributed by atoms with van der Waals surface area (Å²) >= 11 is 0. The molecule has 0 saturated heterocycles. The van der Waals surface area contributed by atoms with Gasteiger partial charge >= 0.3 is 0 Å². The lowest BCUT2D eigenvalue weighted by molar-refractivity contribution is 0.00669. The van der Waals surface area contributed by atoms with Crippen molar-refractivity contribution in [2.45, 2.75) is 24.5 Å². The van der Waals surface area contributed by atoms with Crippen LogP contribution in [-0.2, 0) is 25.6 Å². The summed E-state index contributed by atoms with van der Waals surface area (Å²) in [6.45, 7) is 1.87. The molecule has 0 bridgehead atoms. The van der Waals surface area contributed by atoms with Crippen molar-refractivity contribution in [2.75, 3.05) is 13.2 Å². The van der Waals surface area contributed by atoms with Gasteiger partial charge in [0.25, 0.3) is 10.1 Å². The van der Waals surface area contributed by atoms with E-state index in [9.17, 15) is 13.5 Å². The first kappa shape index (κ1) is 17.6. The summed E-state index contributed by atoms with van der Waals surface area (Å²) in [5, 5.41) is 9.77. The minimum Gasteiger partial charge on any atom is -0.388 e. The van der Waals surface area contributed by atoms with E-state index in [1.54, 1.807) is 12.1 Å². The first-order chi connectivity index (χ1) is 11.0. The van der Waals surface area contributed by atoms with Crippen LogP contribution in [0.25, 0.3) is 0 Å². The normalized spacial score (nSPS) is 13.0. The molecule has 0 aliphatic heterocycles. The van der Waals surface area contributed by atoms with Crippen LogP contribution in [0.5, 0.6) is 0 Å². The smallest absolute Gasteiger partial charge is 0.297 e. The summed E-state index contributed by atoms with van der Waals surface area (Å²) in [5.41, 5.74) is 1.94. The molecule has 1 unspecified atom stereocenters. The zero-order valence-corrected chi connectivity index (χ0v) is 13.7. The molecular weight excluding hydrogens is 316 g/mol. The fraction of sp³-hybridized carbons (Fsp3) is 0.294. The van der Waals surface area contributed by atoms with Crippen molar-refractivity contribution in [3.63, 3.8) is 0 Å². The third-order valence-corrected chi connectivity index (χ3v) is 4.44. The molecule has 124 valence electrons. The van der Waals surface area contributed by atoms with Crippen molar-refractivity contribution < 1.29 is 22.4 Å². The summed E-state index contributed by atoms with van der Waals surface area (Å²) in [4.78, 5) is 0.0699. The minimum atomic E-state index is -3.86. The summed E-state index contributed by atoms with van der Waals surface area (Å²) < 4.78 is 34.1. The maximum Gasteiger partial charge on any atom is 0.297 e. The molecule has 0 aliphatic carbocycles. The maximum absolute atomic E-state index is 12.0. The molecule has 0 saturated carbocycles. The number of aliphatic hydroxyl groups excluding tert-OH is 1. The van der Waals surface area contributed by atoms with E-state index in [1.807, 2.05) is 37.3 Å². The second kappa shape index (κ2) is 8.21. The molecule has 6 heteroatoms. The molecule has 2 rings (SSSR count). The number of aliphatic hydroxyl groups is 1. The number of rotatable bonds is 8. The van der Waals surface area contributed by atoms with E-state index in [4.69, 9.17) is 8.92 Å². The van der Waals surface area contributed by atoms with Gasteiger partial charge in [-0.2, -0.15) is 8.42 Å². The van der Waals surface area contributed by atoms with Crippen LogP contribution in [0.1, 0.15) is 11.1 Å². The van der Waals surface area contributed by atoms with Crippen molar-refractivity contribution in [3.05, 3.63) is 65.7 Å². The Kier molecular flexibility index (Phi) is 6.29. The van der Waals surface area contributed by atoms with Gasteiger partial charge in [0.1, 0.15) is 6.10 Å². The molecule has 0 aromatic heterocycles. The number of hydrogen-bond donors (Lipinski definition) is 1. The third-order valence-electron chi connectivity index (χ3n) is 3.15. The second-order valence-electron chi connectivity index (χ2n) is 5.21. The first-order valence-corrected chi connectivity index (χ1v) is 8.64. The van der Waals surface area contributed by atoms with E-state index in [0.717, 1.165) is 11.1 Å². The Balaban J connectivity index is 1.77. The van der Waals surface area contributed by atoms with E-state index in [2.05, 4.69) is 0 Å². The highest BCUT2D eigenvalue weighted by atomic mass is 32.2. The maximum atomic E-state index is 12.0. The topological polar surface area (TPSA) is 72.8 Å². The Hall–Kier alpha value is -1.73. The average Bonchev–Trinajstić information content (AvgIpc) is 2.54. The van der Waals surface area contributed by atoms with Gasteiger partial charge in [0.15, 0.2) is 0 Å². The Bertz CT molecular complexity index is 696. The molecule has 1 atom stereocenters. The van der Waals surface area contributed by atoms with E-state index in [0.29, 0.717) is 6.61 Å². The van der Waals surface area contributed by atoms with Crippen LogP contribution in [0, 0.1) is 6.92 Å². The van der Waals surface area contributed by atoms with Crippen LogP contribution >= 0.6 is 0 Å². The van der Waals surface area contributed by atoms with Crippen molar-refractivity contribution in [3.8, 4) is 0 Å². The van der Waals surface area contributed by atoms with Crippen molar-refractivity contribution in [1.82, 2.24) is 0 Å². The zero-order valence-electron chi connectivity index (χ0n) is 12.9. The Labute approximate surface area is 136 Å². The summed E-state index contributed by atoms with van der Waals surface area (Å²) in [6, 6.07) is 15.8. The zero-order chi connectivity index (χ0) is 16.7. The number of benzene rings is 2. The molecule has 23 heavy (non-hydrogen) atoms. The predicted molar refractivity (Wildman–Crippen MR) is 86.4 cm³/mol. The van der Waals surface area contributed by atoms with Gasteiger partial charge in [-0.1, -0.05) is 48.0 Å². The number of hydrogen-bond acceptors (Lipinski definition) is 5. The van der Waals surface area contributed by atoms with E-state index in [-0.39, 0.29) is 18.1 Å². The van der Waals surface area contributed by atoms with E-state index in [1.165, 1.54) is 12.1 Å². The van der Waals surface area contributed by atoms with Crippen LogP contribution in [0.4, 0.5) is 0 Å². The molecule has 0 spiro atoms. The molecule has 0 aliphatic rings. The molecule has 5 nitrogen and oxygen atoms in total. The van der Waals surface area contributed by atoms with Gasteiger partial charge in [0, 0.05) is 0 Å². The van der Waals surface area contributed by atoms with Gasteiger partial charge < -0.3 is 9.84 Å². The van der Waals surface area contributed by atoms with Gasteiger partial charge in [-0.3, -0.25) is 4.18 Å². The predicted octanol–water partition coefficient (Wildman–Crippen LogP) is 2.28. The molecule has 1 N–H and O–H groups in total. The van der Waals surface area contributed by atoms with Crippen LogP contribution in [0.2, 0.25) is 0 Å². The lowest BCUT2D eigenvalue weighted by Gasteiger charge is -2.12. The van der Waals surface area contributed by atoms with Crippen molar-refractivity contribution >= 4 is 10.1 Å². The lowest BCUT2D eigenvalue weighted by atomic mass is 10.2. The summed E-state index contributed by atoms with van der Waals surface area (Å²) in [5.74, 6) is 0. The Morgan fingerprint density at radius 2 is 1.65 bits per heavy atom. The molecule has 2 aromatic carbocycles. The molecular formula is C17H20O5S. The van der Waals surface area contributed by atoms with E-state index >= 15 is 0 Å². The van der Waals surface area contributed by atoms with Gasteiger partial charge in [-0.15, -0.1) is 0 Å². The fourth-order valence-corrected chi connectivity index (χ4v) is 2.82. The molecule has 0 heterocycles. The molecule has 2 aromatic rings. The van der Waals surface area contributed by atoms with Crippen molar-refractivity contribution in [2.24, 2.45) is 0 Å².